The van der Waals surface area contributed by atoms with Crippen LogP contribution in [0.1, 0.15) is 18.4 Å². The summed E-state index contributed by atoms with van der Waals surface area (Å²) in [4.78, 5) is 6.33. The molecule has 0 saturated heterocycles. The van der Waals surface area contributed by atoms with Crippen molar-refractivity contribution in [3.8, 4) is 0 Å². The Labute approximate surface area is 106 Å². The average molecular weight is 256 g/mol. The van der Waals surface area contributed by atoms with Crippen molar-refractivity contribution in [3.05, 3.63) is 22.8 Å². The predicted octanol–water partition coefficient (Wildman–Crippen LogP) is 1.40. The van der Waals surface area contributed by atoms with E-state index >= 15 is 0 Å². The number of nitrogens with two attached hydrogens (primary N) is 1. The Hall–Kier alpha value is -0.840. The van der Waals surface area contributed by atoms with Gasteiger partial charge in [-0.3, -0.25) is 0 Å². The summed E-state index contributed by atoms with van der Waals surface area (Å²) in [7, 11) is 1.97. The molecular formula is C12H18ClN3O. The fourth-order valence-electron chi connectivity index (χ4n) is 2.22. The lowest BCUT2D eigenvalue weighted by Gasteiger charge is -2.35. The second-order valence-corrected chi connectivity index (χ2v) is 5.06. The van der Waals surface area contributed by atoms with E-state index in [0.717, 1.165) is 30.8 Å². The highest BCUT2D eigenvalue weighted by molar-refractivity contribution is 6.33. The number of hydrogen-bond donors (Lipinski definition) is 2. The van der Waals surface area contributed by atoms with Crippen LogP contribution in [0.5, 0.6) is 0 Å². The van der Waals surface area contributed by atoms with Crippen LogP contribution in [0, 0.1) is 5.92 Å². The minimum absolute atomic E-state index is 0.118. The second kappa shape index (κ2) is 5.21. The fourth-order valence-corrected chi connectivity index (χ4v) is 2.55. The van der Waals surface area contributed by atoms with Crippen molar-refractivity contribution in [1.82, 2.24) is 4.98 Å². The summed E-state index contributed by atoms with van der Waals surface area (Å²) < 4.78 is 0. The lowest BCUT2D eigenvalue weighted by Crippen LogP contribution is -2.37. The summed E-state index contributed by atoms with van der Waals surface area (Å²) in [6.45, 7) is 1.29. The highest BCUT2D eigenvalue weighted by Crippen LogP contribution is 2.31. The van der Waals surface area contributed by atoms with Gasteiger partial charge in [-0.15, -0.1) is 0 Å². The molecule has 94 valence electrons. The zero-order valence-electron chi connectivity index (χ0n) is 9.93. The molecule has 1 aromatic heterocycles. The summed E-state index contributed by atoms with van der Waals surface area (Å²) in [5.74, 6) is 1.31. The first-order chi connectivity index (χ1) is 8.11. The van der Waals surface area contributed by atoms with Gasteiger partial charge in [0, 0.05) is 26.3 Å². The Kier molecular flexibility index (Phi) is 3.86. The number of halogens is 1. The van der Waals surface area contributed by atoms with Crippen molar-refractivity contribution in [3.63, 3.8) is 0 Å². The lowest BCUT2D eigenvalue weighted by molar-refractivity contribution is 0.0464. The van der Waals surface area contributed by atoms with Crippen LogP contribution in [0.4, 0.5) is 5.82 Å². The maximum Gasteiger partial charge on any atom is 0.147 e. The number of rotatable bonds is 4. The van der Waals surface area contributed by atoms with E-state index in [1.165, 1.54) is 0 Å². The number of pyridine rings is 1. The minimum atomic E-state index is -0.118. The molecule has 2 rings (SSSR count). The van der Waals surface area contributed by atoms with Gasteiger partial charge in [-0.05, 0) is 30.4 Å². The normalized spacial score (nSPS) is 23.3. The molecule has 1 saturated carbocycles. The van der Waals surface area contributed by atoms with E-state index in [-0.39, 0.29) is 6.10 Å². The van der Waals surface area contributed by atoms with Gasteiger partial charge in [0.05, 0.1) is 11.1 Å². The molecule has 3 N–H and O–H groups in total. The molecule has 17 heavy (non-hydrogen) atoms. The third-order valence-electron chi connectivity index (χ3n) is 3.28. The van der Waals surface area contributed by atoms with E-state index in [4.69, 9.17) is 17.3 Å². The SMILES string of the molecule is CN(CC1CC(O)C1)c1nccc(CN)c1Cl. The van der Waals surface area contributed by atoms with Gasteiger partial charge in [-0.2, -0.15) is 0 Å². The highest BCUT2D eigenvalue weighted by Gasteiger charge is 2.28. The van der Waals surface area contributed by atoms with E-state index in [1.54, 1.807) is 6.20 Å². The summed E-state index contributed by atoms with van der Waals surface area (Å²) in [6.07, 6.45) is 3.36. The molecular weight excluding hydrogens is 238 g/mol. The topological polar surface area (TPSA) is 62.4 Å². The Balaban J connectivity index is 2.05. The van der Waals surface area contributed by atoms with Crippen LogP contribution < -0.4 is 10.6 Å². The maximum atomic E-state index is 9.26. The van der Waals surface area contributed by atoms with Gasteiger partial charge in [-0.25, -0.2) is 4.98 Å². The van der Waals surface area contributed by atoms with Crippen LogP contribution in [0.15, 0.2) is 12.3 Å². The number of aliphatic hydroxyl groups is 1. The summed E-state index contributed by atoms with van der Waals surface area (Å²) in [5.41, 5.74) is 6.53. The number of aromatic nitrogens is 1. The van der Waals surface area contributed by atoms with Gasteiger partial charge in [0.2, 0.25) is 0 Å². The Morgan fingerprint density at radius 3 is 2.88 bits per heavy atom. The van der Waals surface area contributed by atoms with Crippen molar-refractivity contribution in [2.75, 3.05) is 18.5 Å². The van der Waals surface area contributed by atoms with Crippen molar-refractivity contribution in [2.45, 2.75) is 25.5 Å². The summed E-state index contributed by atoms with van der Waals surface area (Å²) in [6, 6.07) is 1.84. The number of hydrogen-bond acceptors (Lipinski definition) is 4. The van der Waals surface area contributed by atoms with Gasteiger partial charge in [0.1, 0.15) is 5.82 Å². The van der Waals surface area contributed by atoms with Crippen molar-refractivity contribution >= 4 is 17.4 Å². The average Bonchev–Trinajstić information content (AvgIpc) is 2.27. The molecule has 0 radical (unpaired) electrons. The van der Waals surface area contributed by atoms with Gasteiger partial charge in [0.25, 0.3) is 0 Å². The monoisotopic (exact) mass is 255 g/mol. The standard InChI is InChI=1S/C12H18ClN3O/c1-16(7-8-4-10(17)5-8)12-11(13)9(6-14)2-3-15-12/h2-3,8,10,17H,4-7,14H2,1H3. The smallest absolute Gasteiger partial charge is 0.147 e. The predicted molar refractivity (Wildman–Crippen MR) is 69.1 cm³/mol. The van der Waals surface area contributed by atoms with E-state index in [9.17, 15) is 5.11 Å². The van der Waals surface area contributed by atoms with E-state index in [0.29, 0.717) is 17.5 Å². The molecule has 1 aliphatic rings. The molecule has 0 amide bonds. The molecule has 0 aromatic carbocycles. The van der Waals surface area contributed by atoms with Gasteiger partial charge in [0.15, 0.2) is 0 Å². The molecule has 0 atom stereocenters. The fraction of sp³-hybridized carbons (Fsp3) is 0.583. The van der Waals surface area contributed by atoms with Crippen molar-refractivity contribution in [2.24, 2.45) is 11.7 Å². The van der Waals surface area contributed by atoms with E-state index in [2.05, 4.69) is 4.98 Å². The molecule has 5 heteroatoms. The first-order valence-corrected chi connectivity index (χ1v) is 6.22. The van der Waals surface area contributed by atoms with Gasteiger partial charge in [-0.1, -0.05) is 11.6 Å². The zero-order chi connectivity index (χ0) is 12.4. The summed E-state index contributed by atoms with van der Waals surface area (Å²) in [5, 5.41) is 9.90. The molecule has 1 fully saturated rings. The van der Waals surface area contributed by atoms with E-state index in [1.807, 2.05) is 18.0 Å². The Morgan fingerprint density at radius 2 is 2.29 bits per heavy atom. The first kappa shape index (κ1) is 12.6. The number of nitrogens with zero attached hydrogens (tertiary/aromatic N) is 2. The first-order valence-electron chi connectivity index (χ1n) is 5.84. The Morgan fingerprint density at radius 1 is 1.59 bits per heavy atom. The molecule has 0 unspecified atom stereocenters. The molecule has 1 heterocycles. The van der Waals surface area contributed by atoms with Gasteiger partial charge >= 0.3 is 0 Å². The molecule has 4 nitrogen and oxygen atoms in total. The van der Waals surface area contributed by atoms with Crippen LogP contribution in [-0.2, 0) is 6.54 Å². The van der Waals surface area contributed by atoms with E-state index < -0.39 is 0 Å². The van der Waals surface area contributed by atoms with Gasteiger partial charge < -0.3 is 15.7 Å². The quantitative estimate of drug-likeness (QED) is 0.854. The van der Waals surface area contributed by atoms with Crippen LogP contribution in [0.3, 0.4) is 0 Å². The number of anilines is 1. The number of aliphatic hydroxyl groups excluding tert-OH is 1. The third kappa shape index (κ3) is 2.70. The third-order valence-corrected chi connectivity index (χ3v) is 3.69. The molecule has 1 aliphatic carbocycles. The maximum absolute atomic E-state index is 9.26. The molecule has 0 bridgehead atoms. The zero-order valence-corrected chi connectivity index (χ0v) is 10.7. The lowest BCUT2D eigenvalue weighted by atomic mass is 9.82. The van der Waals surface area contributed by atoms with Crippen LogP contribution in [0.2, 0.25) is 5.02 Å². The van der Waals surface area contributed by atoms with Crippen LogP contribution in [0.25, 0.3) is 0 Å². The molecule has 1 aromatic rings. The van der Waals surface area contributed by atoms with Crippen molar-refractivity contribution in [1.29, 1.82) is 0 Å². The highest BCUT2D eigenvalue weighted by atomic mass is 35.5. The minimum Gasteiger partial charge on any atom is -0.393 e. The second-order valence-electron chi connectivity index (χ2n) is 4.68. The molecule has 0 aliphatic heterocycles. The van der Waals surface area contributed by atoms with Crippen molar-refractivity contribution < 1.29 is 5.11 Å². The largest absolute Gasteiger partial charge is 0.393 e. The van der Waals surface area contributed by atoms with Crippen LogP contribution >= 0.6 is 11.6 Å². The summed E-state index contributed by atoms with van der Waals surface area (Å²) >= 11 is 6.24. The molecule has 0 spiro atoms. The Bertz CT molecular complexity index is 393. The van der Waals surface area contributed by atoms with Crippen LogP contribution in [-0.4, -0.2) is 29.8 Å².